The van der Waals surface area contributed by atoms with Crippen LogP contribution in [0, 0.1) is 0 Å². The molecule has 1 aromatic carbocycles. The topological polar surface area (TPSA) is 62.6 Å². The first-order chi connectivity index (χ1) is 17.1. The maximum absolute atomic E-state index is 13.7. The van der Waals surface area contributed by atoms with Gasteiger partial charge in [0, 0.05) is 44.6 Å². The summed E-state index contributed by atoms with van der Waals surface area (Å²) < 4.78 is 2.00. The quantitative estimate of drug-likeness (QED) is 0.625. The van der Waals surface area contributed by atoms with Gasteiger partial charge in [0.05, 0.1) is 0 Å². The molecule has 2 aromatic rings. The highest BCUT2D eigenvalue weighted by atomic mass is 16.2. The van der Waals surface area contributed by atoms with Gasteiger partial charge in [-0.15, -0.1) is 0 Å². The molecule has 3 aliphatic rings. The van der Waals surface area contributed by atoms with Crippen LogP contribution in [-0.2, 0) is 0 Å². The summed E-state index contributed by atoms with van der Waals surface area (Å²) in [6.45, 7) is 2.65. The molecule has 2 aliphatic heterocycles. The lowest BCUT2D eigenvalue weighted by Crippen LogP contribution is -2.41. The van der Waals surface area contributed by atoms with Gasteiger partial charge in [0.25, 0.3) is 11.8 Å². The van der Waals surface area contributed by atoms with Crippen LogP contribution < -0.4 is 5.43 Å². The summed E-state index contributed by atoms with van der Waals surface area (Å²) in [7, 11) is 0. The molecule has 3 fully saturated rings. The predicted molar refractivity (Wildman–Crippen MR) is 137 cm³/mol. The van der Waals surface area contributed by atoms with Gasteiger partial charge in [0.15, 0.2) is 0 Å². The third-order valence-corrected chi connectivity index (χ3v) is 8.18. The van der Waals surface area contributed by atoms with Crippen LogP contribution in [0.3, 0.4) is 0 Å². The zero-order chi connectivity index (χ0) is 24.2. The molecular formula is C29H37N3O3. The van der Waals surface area contributed by atoms with E-state index in [-0.39, 0.29) is 29.0 Å². The van der Waals surface area contributed by atoms with Crippen LogP contribution in [0.5, 0.6) is 0 Å². The number of carbonyl (C=O) groups is 2. The number of amides is 2. The van der Waals surface area contributed by atoms with Gasteiger partial charge in [-0.3, -0.25) is 14.4 Å². The Morgan fingerprint density at radius 3 is 1.91 bits per heavy atom. The summed E-state index contributed by atoms with van der Waals surface area (Å²) in [5, 5.41) is 0. The first-order valence-corrected chi connectivity index (χ1v) is 13.5. The number of hydrogen-bond acceptors (Lipinski definition) is 3. The van der Waals surface area contributed by atoms with Crippen molar-refractivity contribution in [2.45, 2.75) is 76.2 Å². The second-order valence-electron chi connectivity index (χ2n) is 10.5. The van der Waals surface area contributed by atoms with Gasteiger partial charge in [0.1, 0.15) is 11.1 Å². The number of hydrogen-bond donors (Lipinski definition) is 0. The van der Waals surface area contributed by atoms with Gasteiger partial charge in [-0.25, -0.2) is 0 Å². The number of aromatic nitrogens is 1. The predicted octanol–water partition coefficient (Wildman–Crippen LogP) is 5.00. The maximum Gasteiger partial charge on any atom is 0.259 e. The number of piperidine rings is 1. The Labute approximate surface area is 207 Å². The lowest BCUT2D eigenvalue weighted by molar-refractivity contribution is 0.0721. The van der Waals surface area contributed by atoms with Crippen LogP contribution in [0.2, 0.25) is 0 Å². The largest absolute Gasteiger partial charge is 0.349 e. The molecule has 1 aromatic heterocycles. The third kappa shape index (κ3) is 5.21. The third-order valence-electron chi connectivity index (χ3n) is 8.18. The van der Waals surface area contributed by atoms with Gasteiger partial charge in [-0.1, -0.05) is 43.2 Å². The van der Waals surface area contributed by atoms with E-state index in [1.54, 1.807) is 17.3 Å². The molecule has 1 aliphatic carbocycles. The monoisotopic (exact) mass is 475 g/mol. The molecule has 0 radical (unpaired) electrons. The summed E-state index contributed by atoms with van der Waals surface area (Å²) in [5.41, 5.74) is 1.25. The molecule has 1 atom stereocenters. The number of likely N-dealkylation sites (tertiary alicyclic amines) is 2. The van der Waals surface area contributed by atoms with Gasteiger partial charge < -0.3 is 14.4 Å². The highest BCUT2D eigenvalue weighted by molar-refractivity contribution is 5.99. The highest BCUT2D eigenvalue weighted by Crippen LogP contribution is 2.31. The highest BCUT2D eigenvalue weighted by Gasteiger charge is 2.29. The molecule has 6 nitrogen and oxygen atoms in total. The number of pyridine rings is 1. The van der Waals surface area contributed by atoms with Crippen LogP contribution in [0.25, 0.3) is 0 Å². The molecule has 186 valence electrons. The molecule has 2 amide bonds. The minimum absolute atomic E-state index is 0.165. The van der Waals surface area contributed by atoms with Crippen LogP contribution in [0.1, 0.15) is 102 Å². The fourth-order valence-electron chi connectivity index (χ4n) is 6.11. The molecule has 5 rings (SSSR count). The average molecular weight is 476 g/mol. The number of rotatable bonds is 4. The fraction of sp³-hybridized carbons (Fsp3) is 0.552. The molecule has 6 heteroatoms. The molecule has 0 spiro atoms. The first-order valence-electron chi connectivity index (χ1n) is 13.5. The first kappa shape index (κ1) is 23.8. The van der Waals surface area contributed by atoms with Crippen molar-refractivity contribution in [1.82, 2.24) is 14.4 Å². The fourth-order valence-corrected chi connectivity index (χ4v) is 6.11. The van der Waals surface area contributed by atoms with E-state index in [1.165, 1.54) is 5.56 Å². The summed E-state index contributed by atoms with van der Waals surface area (Å²) in [6, 6.07) is 10.8. The molecule has 1 saturated carbocycles. The zero-order valence-corrected chi connectivity index (χ0v) is 20.7. The van der Waals surface area contributed by atoms with Crippen molar-refractivity contribution in [1.29, 1.82) is 0 Å². The molecule has 0 unspecified atom stereocenters. The van der Waals surface area contributed by atoms with E-state index in [4.69, 9.17) is 0 Å². The summed E-state index contributed by atoms with van der Waals surface area (Å²) in [4.78, 5) is 44.3. The summed E-state index contributed by atoms with van der Waals surface area (Å²) in [5.74, 6) is -0.00369. The molecular weight excluding hydrogens is 438 g/mol. The van der Waals surface area contributed by atoms with Crippen molar-refractivity contribution in [3.63, 3.8) is 0 Å². The summed E-state index contributed by atoms with van der Waals surface area (Å²) in [6.07, 6.45) is 13.7. The Kier molecular flexibility index (Phi) is 7.35. The zero-order valence-electron chi connectivity index (χ0n) is 20.7. The van der Waals surface area contributed by atoms with E-state index in [0.29, 0.717) is 32.1 Å². The SMILES string of the molecule is O=C(c1cn(C2CCCC2)cc(C(=O)N2CCC[C@@H](c3ccccc3)CC2)c1=O)N1CCCCC1. The van der Waals surface area contributed by atoms with E-state index < -0.39 is 5.43 Å². The molecule has 2 saturated heterocycles. The number of nitrogens with zero attached hydrogens (tertiary/aromatic N) is 3. The van der Waals surface area contributed by atoms with Crippen molar-refractivity contribution >= 4 is 11.8 Å². The average Bonchev–Trinajstić information content (AvgIpc) is 3.33. The number of benzene rings is 1. The Balaban J connectivity index is 1.42. The minimum atomic E-state index is -0.399. The van der Waals surface area contributed by atoms with E-state index in [2.05, 4.69) is 24.3 Å². The second-order valence-corrected chi connectivity index (χ2v) is 10.5. The van der Waals surface area contributed by atoms with Crippen molar-refractivity contribution in [3.05, 3.63) is 69.6 Å². The van der Waals surface area contributed by atoms with Crippen LogP contribution >= 0.6 is 0 Å². The van der Waals surface area contributed by atoms with Crippen molar-refractivity contribution in [2.24, 2.45) is 0 Å². The Morgan fingerprint density at radius 2 is 1.26 bits per heavy atom. The smallest absolute Gasteiger partial charge is 0.259 e. The van der Waals surface area contributed by atoms with E-state index in [0.717, 1.165) is 64.2 Å². The normalized spacial score (nSPS) is 21.7. The Bertz CT molecular complexity index is 1100. The van der Waals surface area contributed by atoms with Crippen molar-refractivity contribution in [3.8, 4) is 0 Å². The van der Waals surface area contributed by atoms with Gasteiger partial charge in [0.2, 0.25) is 5.43 Å². The van der Waals surface area contributed by atoms with Gasteiger partial charge in [-0.05, 0) is 62.8 Å². The van der Waals surface area contributed by atoms with Gasteiger partial charge >= 0.3 is 0 Å². The van der Waals surface area contributed by atoms with E-state index in [1.807, 2.05) is 15.5 Å². The van der Waals surface area contributed by atoms with Crippen LogP contribution in [-0.4, -0.2) is 52.4 Å². The lowest BCUT2D eigenvalue weighted by Gasteiger charge is -2.27. The standard InChI is InChI=1S/C29H37N3O3/c33-27-25(28(34)30-16-7-2-8-17-30)20-32(24-13-5-6-14-24)21-26(27)29(35)31-18-9-12-23(15-19-31)22-10-3-1-4-11-22/h1,3-4,10-11,20-21,23-24H,2,5-9,12-19H2/t23-/m1/s1. The molecule has 0 bridgehead atoms. The van der Waals surface area contributed by atoms with Crippen molar-refractivity contribution in [2.75, 3.05) is 26.2 Å². The Morgan fingerprint density at radius 1 is 0.657 bits per heavy atom. The molecule has 0 N–H and O–H groups in total. The van der Waals surface area contributed by atoms with Crippen molar-refractivity contribution < 1.29 is 9.59 Å². The minimum Gasteiger partial charge on any atom is -0.349 e. The molecule has 35 heavy (non-hydrogen) atoms. The Hall–Kier alpha value is -2.89. The van der Waals surface area contributed by atoms with E-state index in [9.17, 15) is 14.4 Å². The van der Waals surface area contributed by atoms with Crippen LogP contribution in [0.4, 0.5) is 0 Å². The second kappa shape index (κ2) is 10.8. The van der Waals surface area contributed by atoms with Crippen LogP contribution in [0.15, 0.2) is 47.5 Å². The lowest BCUT2D eigenvalue weighted by atomic mass is 9.92. The number of carbonyl (C=O) groups excluding carboxylic acids is 2. The van der Waals surface area contributed by atoms with Gasteiger partial charge in [-0.2, -0.15) is 0 Å². The van der Waals surface area contributed by atoms with E-state index >= 15 is 0 Å². The maximum atomic E-state index is 13.7. The summed E-state index contributed by atoms with van der Waals surface area (Å²) >= 11 is 0. The molecule has 3 heterocycles.